The Morgan fingerprint density at radius 2 is 1.86 bits per heavy atom. The molecule has 0 spiro atoms. The maximum atomic E-state index is 12.2. The molecule has 2 nitrogen and oxygen atoms in total. The molecule has 2 aromatic carbocycles. The van der Waals surface area contributed by atoms with E-state index in [2.05, 4.69) is 13.8 Å². The highest BCUT2D eigenvalue weighted by molar-refractivity contribution is 6.36. The number of ketones is 1. The first-order valence-electron chi connectivity index (χ1n) is 6.69. The lowest BCUT2D eigenvalue weighted by molar-refractivity contribution is 0.0921. The normalized spacial score (nSPS) is 10.7. The van der Waals surface area contributed by atoms with Gasteiger partial charge in [-0.25, -0.2) is 0 Å². The van der Waals surface area contributed by atoms with Gasteiger partial charge < -0.3 is 4.74 Å². The number of carbonyl (C=O) groups is 1. The molecule has 0 aliphatic heterocycles. The number of ether oxygens (including phenoxy) is 1. The van der Waals surface area contributed by atoms with E-state index in [9.17, 15) is 4.79 Å². The highest BCUT2D eigenvalue weighted by Gasteiger charge is 2.13. The minimum absolute atomic E-state index is 0.0505. The summed E-state index contributed by atoms with van der Waals surface area (Å²) in [7, 11) is 0. The smallest absolute Gasteiger partial charge is 0.201 e. The minimum Gasteiger partial charge on any atom is -0.485 e. The Morgan fingerprint density at radius 1 is 1.14 bits per heavy atom. The third-order valence-electron chi connectivity index (χ3n) is 3.13. The average Bonchev–Trinajstić information content (AvgIpc) is 2.45. The highest BCUT2D eigenvalue weighted by Crippen LogP contribution is 2.26. The molecule has 110 valence electrons. The summed E-state index contributed by atoms with van der Waals surface area (Å²) < 4.78 is 5.66. The van der Waals surface area contributed by atoms with Gasteiger partial charge in [0.1, 0.15) is 5.75 Å². The van der Waals surface area contributed by atoms with Crippen molar-refractivity contribution in [3.8, 4) is 5.75 Å². The second-order valence-electron chi connectivity index (χ2n) is 5.03. The molecule has 0 saturated heterocycles. The molecule has 0 bridgehead atoms. The van der Waals surface area contributed by atoms with E-state index in [-0.39, 0.29) is 12.4 Å². The summed E-state index contributed by atoms with van der Waals surface area (Å²) in [6.07, 6.45) is 0. The number of hydrogen-bond acceptors (Lipinski definition) is 2. The summed E-state index contributed by atoms with van der Waals surface area (Å²) in [5.41, 5.74) is 1.50. The zero-order valence-corrected chi connectivity index (χ0v) is 13.4. The Labute approximate surface area is 134 Å². The van der Waals surface area contributed by atoms with E-state index in [1.807, 2.05) is 24.3 Å². The molecule has 0 aromatic heterocycles. The molecule has 0 fully saturated rings. The van der Waals surface area contributed by atoms with Gasteiger partial charge in [0.2, 0.25) is 5.78 Å². The fraction of sp³-hybridized carbons (Fsp3) is 0.235. The number of carbonyl (C=O) groups excluding carboxylic acids is 1. The SMILES string of the molecule is CC(C)c1ccccc1OCC(=O)c1ccc(Cl)cc1Cl. The van der Waals surface area contributed by atoms with Crippen LogP contribution in [0.25, 0.3) is 0 Å². The number of benzene rings is 2. The van der Waals surface area contributed by atoms with Gasteiger partial charge in [0.15, 0.2) is 6.61 Å². The van der Waals surface area contributed by atoms with Crippen molar-refractivity contribution in [2.24, 2.45) is 0 Å². The molecule has 0 heterocycles. The highest BCUT2D eigenvalue weighted by atomic mass is 35.5. The minimum atomic E-state index is -0.171. The zero-order valence-electron chi connectivity index (χ0n) is 11.9. The van der Waals surface area contributed by atoms with Crippen LogP contribution in [0.3, 0.4) is 0 Å². The zero-order chi connectivity index (χ0) is 15.4. The van der Waals surface area contributed by atoms with Crippen LogP contribution in [0.5, 0.6) is 5.75 Å². The number of para-hydroxylation sites is 1. The first-order chi connectivity index (χ1) is 9.99. The summed E-state index contributed by atoms with van der Waals surface area (Å²) in [5, 5.41) is 0.843. The molecule has 0 radical (unpaired) electrons. The molecular formula is C17H16Cl2O2. The Morgan fingerprint density at radius 3 is 2.52 bits per heavy atom. The fourth-order valence-electron chi connectivity index (χ4n) is 2.03. The quantitative estimate of drug-likeness (QED) is 0.691. The van der Waals surface area contributed by atoms with Gasteiger partial charge in [-0.05, 0) is 35.7 Å². The Hall–Kier alpha value is -1.51. The van der Waals surface area contributed by atoms with Crippen LogP contribution >= 0.6 is 23.2 Å². The van der Waals surface area contributed by atoms with Gasteiger partial charge in [0, 0.05) is 10.6 Å². The van der Waals surface area contributed by atoms with Crippen LogP contribution in [0.2, 0.25) is 10.0 Å². The number of Topliss-reactive ketones (excluding diaryl/α,β-unsaturated/α-hetero) is 1. The molecule has 4 heteroatoms. The van der Waals surface area contributed by atoms with Crippen molar-refractivity contribution in [1.29, 1.82) is 0 Å². The predicted molar refractivity (Wildman–Crippen MR) is 86.8 cm³/mol. The van der Waals surface area contributed by atoms with Crippen molar-refractivity contribution in [1.82, 2.24) is 0 Å². The molecule has 0 saturated carbocycles. The first kappa shape index (κ1) is 15.9. The molecule has 2 aromatic rings. The average molecular weight is 323 g/mol. The molecular weight excluding hydrogens is 307 g/mol. The monoisotopic (exact) mass is 322 g/mol. The van der Waals surface area contributed by atoms with E-state index in [4.69, 9.17) is 27.9 Å². The molecule has 21 heavy (non-hydrogen) atoms. The summed E-state index contributed by atoms with van der Waals surface area (Å²) in [6, 6.07) is 12.5. The van der Waals surface area contributed by atoms with E-state index < -0.39 is 0 Å². The van der Waals surface area contributed by atoms with Gasteiger partial charge in [-0.15, -0.1) is 0 Å². The van der Waals surface area contributed by atoms with Crippen LogP contribution in [0.4, 0.5) is 0 Å². The lowest BCUT2D eigenvalue weighted by Gasteiger charge is -2.13. The maximum absolute atomic E-state index is 12.2. The molecule has 0 N–H and O–H groups in total. The first-order valence-corrected chi connectivity index (χ1v) is 7.44. The number of rotatable bonds is 5. The van der Waals surface area contributed by atoms with Crippen molar-refractivity contribution < 1.29 is 9.53 Å². The summed E-state index contributed by atoms with van der Waals surface area (Å²) in [6.45, 7) is 4.12. The molecule has 0 unspecified atom stereocenters. The van der Waals surface area contributed by atoms with Crippen molar-refractivity contribution in [3.05, 3.63) is 63.6 Å². The van der Waals surface area contributed by atoms with Crippen LogP contribution in [-0.4, -0.2) is 12.4 Å². The maximum Gasteiger partial charge on any atom is 0.201 e. The largest absolute Gasteiger partial charge is 0.485 e. The number of halogens is 2. The molecule has 0 atom stereocenters. The molecule has 0 amide bonds. The van der Waals surface area contributed by atoms with Gasteiger partial charge >= 0.3 is 0 Å². The Bertz CT molecular complexity index is 651. The van der Waals surface area contributed by atoms with Gasteiger partial charge in [0.25, 0.3) is 0 Å². The molecule has 0 aliphatic carbocycles. The Kier molecular flexibility index (Phi) is 5.27. The van der Waals surface area contributed by atoms with E-state index in [0.717, 1.165) is 11.3 Å². The van der Waals surface area contributed by atoms with Gasteiger partial charge in [-0.3, -0.25) is 4.79 Å². The van der Waals surface area contributed by atoms with Crippen molar-refractivity contribution in [2.75, 3.05) is 6.61 Å². The van der Waals surface area contributed by atoms with E-state index in [0.29, 0.717) is 21.5 Å². The summed E-state index contributed by atoms with van der Waals surface area (Å²) in [4.78, 5) is 12.2. The van der Waals surface area contributed by atoms with Crippen LogP contribution in [0.15, 0.2) is 42.5 Å². The number of hydrogen-bond donors (Lipinski definition) is 0. The van der Waals surface area contributed by atoms with E-state index in [1.165, 1.54) is 0 Å². The molecule has 2 rings (SSSR count). The van der Waals surface area contributed by atoms with Crippen molar-refractivity contribution >= 4 is 29.0 Å². The van der Waals surface area contributed by atoms with E-state index in [1.54, 1.807) is 18.2 Å². The topological polar surface area (TPSA) is 26.3 Å². The second-order valence-corrected chi connectivity index (χ2v) is 5.87. The van der Waals surface area contributed by atoms with Crippen molar-refractivity contribution in [2.45, 2.75) is 19.8 Å². The fourth-order valence-corrected chi connectivity index (χ4v) is 2.54. The summed E-state index contributed by atoms with van der Waals surface area (Å²) in [5.74, 6) is 0.886. The lowest BCUT2D eigenvalue weighted by atomic mass is 10.0. The van der Waals surface area contributed by atoms with E-state index >= 15 is 0 Å². The van der Waals surface area contributed by atoms with Gasteiger partial charge in [-0.1, -0.05) is 55.2 Å². The van der Waals surface area contributed by atoms with Crippen LogP contribution in [0.1, 0.15) is 35.7 Å². The van der Waals surface area contributed by atoms with Crippen LogP contribution in [-0.2, 0) is 0 Å². The van der Waals surface area contributed by atoms with Gasteiger partial charge in [-0.2, -0.15) is 0 Å². The second kappa shape index (κ2) is 6.97. The van der Waals surface area contributed by atoms with Crippen molar-refractivity contribution in [3.63, 3.8) is 0 Å². The molecule has 0 aliphatic rings. The predicted octanol–water partition coefficient (Wildman–Crippen LogP) is 5.38. The Balaban J connectivity index is 2.11. The van der Waals surface area contributed by atoms with Crippen LogP contribution in [0, 0.1) is 0 Å². The standard InChI is InChI=1S/C17H16Cl2O2/c1-11(2)13-5-3-4-6-17(13)21-10-16(20)14-8-7-12(18)9-15(14)19/h3-9,11H,10H2,1-2H3. The third kappa shape index (κ3) is 3.99. The third-order valence-corrected chi connectivity index (χ3v) is 3.68. The van der Waals surface area contributed by atoms with Gasteiger partial charge in [0.05, 0.1) is 5.02 Å². The summed E-state index contributed by atoms with van der Waals surface area (Å²) >= 11 is 11.9. The van der Waals surface area contributed by atoms with Crippen LogP contribution < -0.4 is 4.74 Å². The lowest BCUT2D eigenvalue weighted by Crippen LogP contribution is -2.13.